The number of hydrogen-bond acceptors (Lipinski definition) is 4. The molecule has 2 aliphatic heterocycles. The number of rotatable bonds is 2. The number of hydrogen-bond donors (Lipinski definition) is 1. The second-order valence-electron chi connectivity index (χ2n) is 5.11. The number of piperazine rings is 1. The van der Waals surface area contributed by atoms with Gasteiger partial charge < -0.3 is 14.9 Å². The summed E-state index contributed by atoms with van der Waals surface area (Å²) in [6.07, 6.45) is 2.10. The zero-order valence-corrected chi connectivity index (χ0v) is 10.6. The number of amides is 1. The van der Waals surface area contributed by atoms with Crippen LogP contribution in [0.15, 0.2) is 0 Å². The Morgan fingerprint density at radius 2 is 1.71 bits per heavy atom. The lowest BCUT2D eigenvalue weighted by molar-refractivity contribution is -0.135. The Labute approximate surface area is 103 Å². The lowest BCUT2D eigenvalue weighted by Gasteiger charge is -2.42. The maximum atomic E-state index is 11.3. The van der Waals surface area contributed by atoms with Crippen molar-refractivity contribution in [2.24, 2.45) is 0 Å². The van der Waals surface area contributed by atoms with Crippen LogP contribution in [0.3, 0.4) is 0 Å². The van der Waals surface area contributed by atoms with Crippen molar-refractivity contribution < 1.29 is 9.90 Å². The molecule has 1 N–H and O–H groups in total. The van der Waals surface area contributed by atoms with E-state index in [9.17, 15) is 4.79 Å². The molecule has 2 fully saturated rings. The van der Waals surface area contributed by atoms with Crippen molar-refractivity contribution >= 4 is 5.91 Å². The number of nitrogens with zero attached hydrogens (tertiary/aromatic N) is 3. The summed E-state index contributed by atoms with van der Waals surface area (Å²) in [4.78, 5) is 18.1. The van der Waals surface area contributed by atoms with Gasteiger partial charge in [0, 0.05) is 45.3 Å². The summed E-state index contributed by atoms with van der Waals surface area (Å²) in [5.41, 5.74) is 0. The second-order valence-corrected chi connectivity index (χ2v) is 5.11. The molecule has 98 valence electrons. The van der Waals surface area contributed by atoms with Crippen LogP contribution in [-0.2, 0) is 4.79 Å². The standard InChI is InChI=1S/C12H23N3O2/c1-13-6-8-14(9-7-13)11-2-4-15(5-3-11)12(17)10-16/h11,16H,2-10H2,1H3. The van der Waals surface area contributed by atoms with Crippen molar-refractivity contribution in [2.45, 2.75) is 18.9 Å². The number of likely N-dealkylation sites (tertiary alicyclic amines) is 1. The topological polar surface area (TPSA) is 47.0 Å². The number of carbonyl (C=O) groups is 1. The minimum absolute atomic E-state index is 0.123. The van der Waals surface area contributed by atoms with Crippen LogP contribution in [0.1, 0.15) is 12.8 Å². The van der Waals surface area contributed by atoms with Gasteiger partial charge in [0.25, 0.3) is 0 Å². The van der Waals surface area contributed by atoms with Gasteiger partial charge in [-0.1, -0.05) is 0 Å². The van der Waals surface area contributed by atoms with Crippen molar-refractivity contribution in [3.63, 3.8) is 0 Å². The van der Waals surface area contributed by atoms with Gasteiger partial charge in [-0.05, 0) is 19.9 Å². The highest BCUT2D eigenvalue weighted by molar-refractivity contribution is 5.77. The Bertz CT molecular complexity index is 256. The lowest BCUT2D eigenvalue weighted by atomic mass is 10.0. The SMILES string of the molecule is CN1CCN(C2CCN(C(=O)CO)CC2)CC1. The average Bonchev–Trinajstić information content (AvgIpc) is 2.39. The summed E-state index contributed by atoms with van der Waals surface area (Å²) in [5, 5.41) is 8.82. The Hall–Kier alpha value is -0.650. The molecule has 2 rings (SSSR count). The zero-order valence-electron chi connectivity index (χ0n) is 10.6. The lowest BCUT2D eigenvalue weighted by Crippen LogP contribution is -2.53. The molecule has 2 aliphatic rings. The quantitative estimate of drug-likeness (QED) is 0.689. The molecule has 0 radical (unpaired) electrons. The van der Waals surface area contributed by atoms with E-state index in [1.807, 2.05) is 0 Å². The summed E-state index contributed by atoms with van der Waals surface area (Å²) in [6, 6.07) is 0.631. The number of piperidine rings is 1. The Morgan fingerprint density at radius 1 is 1.12 bits per heavy atom. The van der Waals surface area contributed by atoms with Gasteiger partial charge in [0.2, 0.25) is 5.91 Å². The summed E-state index contributed by atoms with van der Waals surface area (Å²) in [5.74, 6) is -0.123. The minimum atomic E-state index is -0.348. The minimum Gasteiger partial charge on any atom is -0.387 e. The van der Waals surface area contributed by atoms with Crippen LogP contribution in [-0.4, -0.2) is 84.7 Å². The van der Waals surface area contributed by atoms with E-state index in [-0.39, 0.29) is 12.5 Å². The van der Waals surface area contributed by atoms with Crippen molar-refractivity contribution in [2.75, 3.05) is 52.9 Å². The van der Waals surface area contributed by atoms with E-state index in [0.29, 0.717) is 6.04 Å². The summed E-state index contributed by atoms with van der Waals surface area (Å²) in [7, 11) is 2.17. The molecular weight excluding hydrogens is 218 g/mol. The normalized spacial score (nSPS) is 25.2. The van der Waals surface area contributed by atoms with Gasteiger partial charge in [0.05, 0.1) is 0 Å². The van der Waals surface area contributed by atoms with E-state index >= 15 is 0 Å². The fourth-order valence-electron chi connectivity index (χ4n) is 2.77. The van der Waals surface area contributed by atoms with Gasteiger partial charge >= 0.3 is 0 Å². The molecule has 0 unspecified atom stereocenters. The number of aliphatic hydroxyl groups excluding tert-OH is 1. The molecule has 2 heterocycles. The average molecular weight is 241 g/mol. The van der Waals surface area contributed by atoms with Crippen LogP contribution in [0.5, 0.6) is 0 Å². The third kappa shape index (κ3) is 3.18. The largest absolute Gasteiger partial charge is 0.387 e. The van der Waals surface area contributed by atoms with Crippen LogP contribution in [0.4, 0.5) is 0 Å². The molecule has 0 aliphatic carbocycles. The molecule has 0 spiro atoms. The molecule has 0 aromatic rings. The van der Waals surface area contributed by atoms with Crippen LogP contribution in [0.2, 0.25) is 0 Å². The molecule has 0 aromatic heterocycles. The summed E-state index contributed by atoms with van der Waals surface area (Å²) >= 11 is 0. The molecule has 5 heteroatoms. The Kier molecular flexibility index (Phi) is 4.36. The molecule has 0 aromatic carbocycles. The third-order valence-corrected chi connectivity index (χ3v) is 4.01. The Morgan fingerprint density at radius 3 is 2.24 bits per heavy atom. The van der Waals surface area contributed by atoms with E-state index in [1.54, 1.807) is 4.90 Å². The van der Waals surface area contributed by atoms with Gasteiger partial charge in [-0.25, -0.2) is 0 Å². The van der Waals surface area contributed by atoms with Crippen LogP contribution in [0.25, 0.3) is 0 Å². The number of aliphatic hydroxyl groups is 1. The van der Waals surface area contributed by atoms with Gasteiger partial charge in [0.15, 0.2) is 0 Å². The highest BCUT2D eigenvalue weighted by Crippen LogP contribution is 2.17. The maximum absolute atomic E-state index is 11.3. The van der Waals surface area contributed by atoms with Crippen LogP contribution < -0.4 is 0 Å². The molecule has 0 bridgehead atoms. The first-order valence-electron chi connectivity index (χ1n) is 6.52. The van der Waals surface area contributed by atoms with E-state index < -0.39 is 0 Å². The molecular formula is C12H23N3O2. The molecule has 2 saturated heterocycles. The van der Waals surface area contributed by atoms with Gasteiger partial charge in [-0.15, -0.1) is 0 Å². The molecule has 17 heavy (non-hydrogen) atoms. The van der Waals surface area contributed by atoms with E-state index in [0.717, 1.165) is 52.1 Å². The van der Waals surface area contributed by atoms with Crippen molar-refractivity contribution in [3.8, 4) is 0 Å². The molecule has 0 saturated carbocycles. The molecule has 5 nitrogen and oxygen atoms in total. The highest BCUT2D eigenvalue weighted by atomic mass is 16.3. The fourth-order valence-corrected chi connectivity index (χ4v) is 2.77. The monoisotopic (exact) mass is 241 g/mol. The van der Waals surface area contributed by atoms with Crippen LogP contribution >= 0.6 is 0 Å². The first-order chi connectivity index (χ1) is 8.20. The van der Waals surface area contributed by atoms with Crippen molar-refractivity contribution in [3.05, 3.63) is 0 Å². The molecule has 1 amide bonds. The first kappa shape index (κ1) is 12.8. The first-order valence-corrected chi connectivity index (χ1v) is 6.52. The summed E-state index contributed by atoms with van der Waals surface area (Å²) in [6.45, 7) is 5.85. The van der Waals surface area contributed by atoms with Gasteiger partial charge in [-0.3, -0.25) is 9.69 Å². The Balaban J connectivity index is 1.77. The predicted octanol–water partition coefficient (Wildman–Crippen LogP) is -0.783. The van der Waals surface area contributed by atoms with E-state index in [2.05, 4.69) is 16.8 Å². The van der Waals surface area contributed by atoms with Crippen molar-refractivity contribution in [1.29, 1.82) is 0 Å². The van der Waals surface area contributed by atoms with Gasteiger partial charge in [-0.2, -0.15) is 0 Å². The molecule has 0 atom stereocenters. The van der Waals surface area contributed by atoms with E-state index in [4.69, 9.17) is 5.11 Å². The zero-order chi connectivity index (χ0) is 12.3. The van der Waals surface area contributed by atoms with Gasteiger partial charge in [0.1, 0.15) is 6.61 Å². The second kappa shape index (κ2) is 5.80. The highest BCUT2D eigenvalue weighted by Gasteiger charge is 2.27. The maximum Gasteiger partial charge on any atom is 0.248 e. The third-order valence-electron chi connectivity index (χ3n) is 4.01. The van der Waals surface area contributed by atoms with Crippen molar-refractivity contribution in [1.82, 2.24) is 14.7 Å². The predicted molar refractivity (Wildman–Crippen MR) is 65.8 cm³/mol. The van der Waals surface area contributed by atoms with E-state index in [1.165, 1.54) is 0 Å². The van der Waals surface area contributed by atoms with Crippen LogP contribution in [0, 0.1) is 0 Å². The fraction of sp³-hybridized carbons (Fsp3) is 0.917. The number of likely N-dealkylation sites (N-methyl/N-ethyl adjacent to an activating group) is 1. The number of carbonyl (C=O) groups excluding carboxylic acids is 1. The smallest absolute Gasteiger partial charge is 0.248 e. The summed E-state index contributed by atoms with van der Waals surface area (Å²) < 4.78 is 0.